The summed E-state index contributed by atoms with van der Waals surface area (Å²) in [6, 6.07) is 17.0. The van der Waals surface area contributed by atoms with Gasteiger partial charge in [-0.15, -0.1) is 0 Å². The van der Waals surface area contributed by atoms with Crippen molar-refractivity contribution >= 4 is 28.4 Å². The van der Waals surface area contributed by atoms with Crippen molar-refractivity contribution in [2.24, 2.45) is 0 Å². The van der Waals surface area contributed by atoms with E-state index in [0.717, 1.165) is 0 Å². The Labute approximate surface area is 201 Å². The standard InChI is InChI=1S/C26H22ClFN2O4/c1-32-23-11-16(12-24(33-2)25(23)34-3)22-13-18(17-6-4-5-7-21(17)30-22)26(31)29-14-15-8-9-20(28)19(27)10-15/h4-13H,14H2,1-3H3,(H,29,31). The number of rotatable bonds is 7. The number of fused-ring (bicyclic) bond motifs is 1. The first-order chi connectivity index (χ1) is 16.4. The monoisotopic (exact) mass is 480 g/mol. The number of para-hydroxylation sites is 1. The number of benzene rings is 3. The summed E-state index contributed by atoms with van der Waals surface area (Å²) in [5, 5.41) is 3.59. The van der Waals surface area contributed by atoms with Gasteiger partial charge in [0, 0.05) is 17.5 Å². The number of carbonyl (C=O) groups is 1. The molecule has 0 saturated heterocycles. The number of nitrogens with one attached hydrogen (secondary N) is 1. The number of amides is 1. The number of ether oxygens (including phenoxy) is 3. The van der Waals surface area contributed by atoms with Gasteiger partial charge < -0.3 is 19.5 Å². The lowest BCUT2D eigenvalue weighted by Gasteiger charge is -2.15. The van der Waals surface area contributed by atoms with Gasteiger partial charge in [0.05, 0.1) is 43.1 Å². The SMILES string of the molecule is COc1cc(-c2cc(C(=O)NCc3ccc(F)c(Cl)c3)c3ccccc3n2)cc(OC)c1OC. The summed E-state index contributed by atoms with van der Waals surface area (Å²) in [7, 11) is 4.61. The van der Waals surface area contributed by atoms with Crippen LogP contribution in [0.5, 0.6) is 17.2 Å². The van der Waals surface area contributed by atoms with Crippen LogP contribution in [0.25, 0.3) is 22.2 Å². The Bertz CT molecular complexity index is 1350. The van der Waals surface area contributed by atoms with Crippen LogP contribution in [0.4, 0.5) is 4.39 Å². The molecule has 1 N–H and O–H groups in total. The van der Waals surface area contributed by atoms with Crippen LogP contribution in [0.3, 0.4) is 0 Å². The van der Waals surface area contributed by atoms with Crippen molar-refractivity contribution in [1.29, 1.82) is 0 Å². The molecule has 1 amide bonds. The molecule has 8 heteroatoms. The number of halogens is 2. The lowest BCUT2D eigenvalue weighted by Crippen LogP contribution is -2.23. The number of hydrogen-bond donors (Lipinski definition) is 1. The predicted molar refractivity (Wildman–Crippen MR) is 129 cm³/mol. The van der Waals surface area contributed by atoms with E-state index < -0.39 is 5.82 Å². The summed E-state index contributed by atoms with van der Waals surface area (Å²) < 4.78 is 29.8. The molecule has 0 unspecified atom stereocenters. The molecule has 174 valence electrons. The fraction of sp³-hybridized carbons (Fsp3) is 0.154. The largest absolute Gasteiger partial charge is 0.493 e. The topological polar surface area (TPSA) is 69.7 Å². The zero-order valence-electron chi connectivity index (χ0n) is 18.8. The van der Waals surface area contributed by atoms with Crippen LogP contribution in [-0.4, -0.2) is 32.2 Å². The number of nitrogens with zero attached hydrogens (tertiary/aromatic N) is 1. The second-order valence-electron chi connectivity index (χ2n) is 7.42. The highest BCUT2D eigenvalue weighted by Crippen LogP contribution is 2.41. The highest BCUT2D eigenvalue weighted by Gasteiger charge is 2.18. The van der Waals surface area contributed by atoms with Gasteiger partial charge in [0.1, 0.15) is 5.82 Å². The van der Waals surface area contributed by atoms with Gasteiger partial charge in [0.15, 0.2) is 11.5 Å². The highest BCUT2D eigenvalue weighted by atomic mass is 35.5. The van der Waals surface area contributed by atoms with E-state index in [2.05, 4.69) is 5.32 Å². The van der Waals surface area contributed by atoms with Crippen LogP contribution in [0.2, 0.25) is 5.02 Å². The molecular formula is C26H22ClFN2O4. The summed E-state index contributed by atoms with van der Waals surface area (Å²) >= 11 is 5.86. The molecule has 0 aliphatic rings. The van der Waals surface area contributed by atoms with Crippen molar-refractivity contribution < 1.29 is 23.4 Å². The maximum Gasteiger partial charge on any atom is 0.252 e. The fourth-order valence-electron chi connectivity index (χ4n) is 3.67. The molecule has 3 aromatic carbocycles. The number of aromatic nitrogens is 1. The smallest absolute Gasteiger partial charge is 0.252 e. The molecule has 1 aromatic heterocycles. The molecule has 0 spiro atoms. The van der Waals surface area contributed by atoms with E-state index in [1.807, 2.05) is 24.3 Å². The van der Waals surface area contributed by atoms with Crippen LogP contribution in [-0.2, 0) is 6.54 Å². The molecule has 0 aliphatic heterocycles. The van der Waals surface area contributed by atoms with Crippen LogP contribution in [0.1, 0.15) is 15.9 Å². The van der Waals surface area contributed by atoms with E-state index >= 15 is 0 Å². The Kier molecular flexibility index (Phi) is 6.84. The minimum atomic E-state index is -0.508. The van der Waals surface area contributed by atoms with Gasteiger partial charge in [-0.3, -0.25) is 4.79 Å². The third-order valence-electron chi connectivity index (χ3n) is 5.36. The summed E-state index contributed by atoms with van der Waals surface area (Å²) in [5.41, 5.74) is 3.04. The van der Waals surface area contributed by atoms with Crippen molar-refractivity contribution in [2.75, 3.05) is 21.3 Å². The first kappa shape index (κ1) is 23.3. The maximum absolute atomic E-state index is 13.4. The second-order valence-corrected chi connectivity index (χ2v) is 7.82. The van der Waals surface area contributed by atoms with Crippen molar-refractivity contribution in [1.82, 2.24) is 10.3 Å². The quantitative estimate of drug-likeness (QED) is 0.370. The molecule has 0 fully saturated rings. The molecule has 4 aromatic rings. The summed E-state index contributed by atoms with van der Waals surface area (Å²) in [4.78, 5) is 17.9. The Morgan fingerprint density at radius 2 is 1.68 bits per heavy atom. The van der Waals surface area contributed by atoms with Crippen LogP contribution >= 0.6 is 11.6 Å². The van der Waals surface area contributed by atoms with Gasteiger partial charge in [0.2, 0.25) is 5.75 Å². The molecule has 0 saturated carbocycles. The normalized spacial score (nSPS) is 10.7. The summed E-state index contributed by atoms with van der Waals surface area (Å²) in [6.45, 7) is 0.189. The van der Waals surface area contributed by atoms with Crippen molar-refractivity contribution in [2.45, 2.75) is 6.54 Å². The predicted octanol–water partition coefficient (Wildman–Crippen LogP) is 5.65. The highest BCUT2D eigenvalue weighted by molar-refractivity contribution is 6.30. The lowest BCUT2D eigenvalue weighted by molar-refractivity contribution is 0.0952. The minimum Gasteiger partial charge on any atom is -0.493 e. The molecule has 0 radical (unpaired) electrons. The van der Waals surface area contributed by atoms with Crippen molar-refractivity contribution in [3.05, 3.63) is 82.6 Å². The van der Waals surface area contributed by atoms with Crippen molar-refractivity contribution in [3.63, 3.8) is 0 Å². The number of hydrogen-bond acceptors (Lipinski definition) is 5. The molecule has 0 bridgehead atoms. The van der Waals surface area contributed by atoms with Gasteiger partial charge in [-0.05, 0) is 42.0 Å². The van der Waals surface area contributed by atoms with Gasteiger partial charge in [0.25, 0.3) is 5.91 Å². The van der Waals surface area contributed by atoms with Gasteiger partial charge in [-0.1, -0.05) is 35.9 Å². The first-order valence-electron chi connectivity index (χ1n) is 10.4. The Hall–Kier alpha value is -3.84. The molecule has 0 atom stereocenters. The average molecular weight is 481 g/mol. The Balaban J connectivity index is 1.75. The number of methoxy groups -OCH3 is 3. The van der Waals surface area contributed by atoms with E-state index in [-0.39, 0.29) is 17.5 Å². The molecule has 1 heterocycles. The lowest BCUT2D eigenvalue weighted by atomic mass is 10.0. The average Bonchev–Trinajstić information content (AvgIpc) is 2.87. The molecule has 0 aliphatic carbocycles. The van der Waals surface area contributed by atoms with Crippen LogP contribution in [0.15, 0.2) is 60.7 Å². The summed E-state index contributed by atoms with van der Waals surface area (Å²) in [6.07, 6.45) is 0. The minimum absolute atomic E-state index is 0.00537. The van der Waals surface area contributed by atoms with E-state index in [1.165, 1.54) is 33.5 Å². The van der Waals surface area contributed by atoms with Gasteiger partial charge >= 0.3 is 0 Å². The third-order valence-corrected chi connectivity index (χ3v) is 5.65. The van der Waals surface area contributed by atoms with E-state index in [4.69, 9.17) is 30.8 Å². The molecule has 6 nitrogen and oxygen atoms in total. The zero-order valence-corrected chi connectivity index (χ0v) is 19.6. The summed E-state index contributed by atoms with van der Waals surface area (Å²) in [5.74, 6) is 0.613. The molecular weight excluding hydrogens is 459 g/mol. The van der Waals surface area contributed by atoms with E-state index in [0.29, 0.717) is 50.5 Å². The van der Waals surface area contributed by atoms with Crippen LogP contribution in [0, 0.1) is 5.82 Å². The Morgan fingerprint density at radius 3 is 2.32 bits per heavy atom. The Morgan fingerprint density at radius 1 is 0.971 bits per heavy atom. The van der Waals surface area contributed by atoms with E-state index in [9.17, 15) is 9.18 Å². The van der Waals surface area contributed by atoms with Crippen molar-refractivity contribution in [3.8, 4) is 28.5 Å². The zero-order chi connectivity index (χ0) is 24.2. The van der Waals surface area contributed by atoms with Gasteiger partial charge in [-0.25, -0.2) is 9.37 Å². The first-order valence-corrected chi connectivity index (χ1v) is 10.7. The van der Waals surface area contributed by atoms with Gasteiger partial charge in [-0.2, -0.15) is 0 Å². The maximum atomic E-state index is 13.4. The number of pyridine rings is 1. The molecule has 34 heavy (non-hydrogen) atoms. The van der Waals surface area contributed by atoms with E-state index in [1.54, 1.807) is 24.3 Å². The number of carbonyl (C=O) groups excluding carboxylic acids is 1. The van der Waals surface area contributed by atoms with Crippen LogP contribution < -0.4 is 19.5 Å². The second kappa shape index (κ2) is 9.97. The fourth-order valence-corrected chi connectivity index (χ4v) is 3.87. The third kappa shape index (κ3) is 4.61. The molecule has 4 rings (SSSR count).